The van der Waals surface area contributed by atoms with E-state index < -0.39 is 0 Å². The number of unbranched alkanes of at least 4 members (excludes halogenated alkanes) is 2. The van der Waals surface area contributed by atoms with Gasteiger partial charge in [0.1, 0.15) is 11.5 Å². The Kier molecular flexibility index (Phi) is 7.29. The molecule has 1 aliphatic heterocycles. The molecule has 4 rings (SSSR count). The number of carbonyl (C=O) groups is 2. The maximum atomic E-state index is 13.4. The Hall–Kier alpha value is -2.92. The molecule has 0 spiro atoms. The first kappa shape index (κ1) is 23.2. The van der Waals surface area contributed by atoms with E-state index in [9.17, 15) is 9.59 Å². The van der Waals surface area contributed by atoms with Gasteiger partial charge in [0.2, 0.25) is 0 Å². The molecule has 1 amide bonds. The summed E-state index contributed by atoms with van der Waals surface area (Å²) in [6, 6.07) is 17.6. The maximum Gasteiger partial charge on any atom is 0.272 e. The Balaban J connectivity index is 1.62. The summed E-state index contributed by atoms with van der Waals surface area (Å²) in [5, 5.41) is 5.51. The van der Waals surface area contributed by atoms with Crippen LogP contribution >= 0.6 is 11.6 Å². The molecule has 0 aliphatic carbocycles. The first-order chi connectivity index (χ1) is 15.9. The summed E-state index contributed by atoms with van der Waals surface area (Å²) in [5.41, 5.74) is 4.40. The molecular weight excluding hydrogens is 434 g/mol. The van der Waals surface area contributed by atoms with Crippen molar-refractivity contribution in [3.8, 4) is 11.3 Å². The van der Waals surface area contributed by atoms with E-state index in [4.69, 9.17) is 16.7 Å². The van der Waals surface area contributed by atoms with Crippen molar-refractivity contribution in [1.82, 2.24) is 14.7 Å². The number of aromatic nitrogens is 2. The molecule has 1 aromatic heterocycles. The zero-order valence-electron chi connectivity index (χ0n) is 19.3. The van der Waals surface area contributed by atoms with Crippen LogP contribution < -0.4 is 0 Å². The second kappa shape index (κ2) is 10.3. The largest absolute Gasteiger partial charge is 0.331 e. The molecule has 0 saturated carbocycles. The van der Waals surface area contributed by atoms with E-state index in [1.54, 1.807) is 6.92 Å². The van der Waals surface area contributed by atoms with Gasteiger partial charge in [-0.3, -0.25) is 14.3 Å². The van der Waals surface area contributed by atoms with Gasteiger partial charge >= 0.3 is 0 Å². The summed E-state index contributed by atoms with van der Waals surface area (Å²) < 4.78 is 1.94. The summed E-state index contributed by atoms with van der Waals surface area (Å²) in [6.45, 7) is 4.95. The minimum Gasteiger partial charge on any atom is -0.331 e. The fraction of sp³-hybridized carbons (Fsp3) is 0.370. The number of hydrogen-bond donors (Lipinski definition) is 0. The summed E-state index contributed by atoms with van der Waals surface area (Å²) in [6.07, 6.45) is 4.82. The lowest BCUT2D eigenvalue weighted by Gasteiger charge is -2.33. The van der Waals surface area contributed by atoms with E-state index in [1.165, 1.54) is 0 Å². The van der Waals surface area contributed by atoms with Gasteiger partial charge in [0.05, 0.1) is 11.7 Å². The lowest BCUT2D eigenvalue weighted by Crippen LogP contribution is -2.42. The number of amides is 1. The Bertz CT molecular complexity index is 1140. The average molecular weight is 464 g/mol. The van der Waals surface area contributed by atoms with Gasteiger partial charge in [-0.2, -0.15) is 5.10 Å². The summed E-state index contributed by atoms with van der Waals surface area (Å²) in [4.78, 5) is 26.9. The van der Waals surface area contributed by atoms with Crippen LogP contribution in [0.15, 0.2) is 54.6 Å². The summed E-state index contributed by atoms with van der Waals surface area (Å²) >= 11 is 6.05. The van der Waals surface area contributed by atoms with Gasteiger partial charge in [0, 0.05) is 30.1 Å². The molecule has 0 N–H and O–H groups in total. The Morgan fingerprint density at radius 1 is 1.09 bits per heavy atom. The van der Waals surface area contributed by atoms with E-state index in [0.717, 1.165) is 48.1 Å². The van der Waals surface area contributed by atoms with Crippen molar-refractivity contribution < 1.29 is 9.59 Å². The third-order valence-electron chi connectivity index (χ3n) is 6.12. The van der Waals surface area contributed by atoms with Gasteiger partial charge < -0.3 is 4.90 Å². The molecule has 5 nitrogen and oxygen atoms in total. The first-order valence-corrected chi connectivity index (χ1v) is 12.0. The van der Waals surface area contributed by atoms with Crippen molar-refractivity contribution in [2.75, 3.05) is 6.54 Å². The third kappa shape index (κ3) is 5.53. The molecule has 0 bridgehead atoms. The van der Waals surface area contributed by atoms with Crippen LogP contribution in [0.2, 0.25) is 5.02 Å². The number of nitrogens with zero attached hydrogens (tertiary/aromatic N) is 3. The number of benzene rings is 2. The van der Waals surface area contributed by atoms with Gasteiger partial charge in [-0.1, -0.05) is 74.2 Å². The topological polar surface area (TPSA) is 55.2 Å². The van der Waals surface area contributed by atoms with Crippen molar-refractivity contribution in [2.45, 2.75) is 58.5 Å². The number of rotatable bonds is 9. The highest BCUT2D eigenvalue weighted by atomic mass is 35.5. The highest BCUT2D eigenvalue weighted by Crippen LogP contribution is 2.30. The van der Waals surface area contributed by atoms with Crippen LogP contribution in [0.1, 0.15) is 67.2 Å². The van der Waals surface area contributed by atoms with Crippen molar-refractivity contribution >= 4 is 23.3 Å². The number of fused-ring (bicyclic) bond motifs is 1. The predicted molar refractivity (Wildman–Crippen MR) is 131 cm³/mol. The van der Waals surface area contributed by atoms with E-state index in [0.29, 0.717) is 30.2 Å². The fourth-order valence-corrected chi connectivity index (χ4v) is 4.62. The normalized spacial score (nSPS) is 15.5. The summed E-state index contributed by atoms with van der Waals surface area (Å²) in [7, 11) is 0. The van der Waals surface area contributed by atoms with Crippen LogP contribution in [0.4, 0.5) is 0 Å². The molecular formula is C27H30ClN3O2. The zero-order valence-corrected chi connectivity index (χ0v) is 20.0. The predicted octanol–water partition coefficient (Wildman–Crippen LogP) is 6.11. The van der Waals surface area contributed by atoms with E-state index >= 15 is 0 Å². The SMILES string of the molecule is CCCCCC1CN(Cc2cccc(CC(C)=O)c2)C(=O)c2cc(-c3ccc(Cl)cc3)nn21. The Morgan fingerprint density at radius 2 is 1.85 bits per heavy atom. The highest BCUT2D eigenvalue weighted by Gasteiger charge is 2.33. The average Bonchev–Trinajstić information content (AvgIpc) is 3.23. The molecule has 6 heteroatoms. The zero-order chi connectivity index (χ0) is 23.4. The quantitative estimate of drug-likeness (QED) is 0.359. The maximum absolute atomic E-state index is 13.4. The molecule has 2 heterocycles. The minimum atomic E-state index is -0.00794. The van der Waals surface area contributed by atoms with Crippen LogP contribution in [0.5, 0.6) is 0 Å². The molecule has 0 fully saturated rings. The van der Waals surface area contributed by atoms with Gasteiger partial charge in [-0.25, -0.2) is 0 Å². The molecule has 3 aromatic rings. The number of ketones is 1. The van der Waals surface area contributed by atoms with E-state index in [-0.39, 0.29) is 17.7 Å². The summed E-state index contributed by atoms with van der Waals surface area (Å²) in [5.74, 6) is 0.127. The van der Waals surface area contributed by atoms with Crippen LogP contribution in [0.3, 0.4) is 0 Å². The number of hydrogen-bond acceptors (Lipinski definition) is 3. The Labute approximate surface area is 200 Å². The second-order valence-electron chi connectivity index (χ2n) is 8.90. The first-order valence-electron chi connectivity index (χ1n) is 11.7. The van der Waals surface area contributed by atoms with E-state index in [1.807, 2.05) is 64.2 Å². The van der Waals surface area contributed by atoms with Crippen molar-refractivity contribution in [3.63, 3.8) is 0 Å². The fourth-order valence-electron chi connectivity index (χ4n) is 4.50. The van der Waals surface area contributed by atoms with Crippen LogP contribution in [-0.2, 0) is 17.8 Å². The monoisotopic (exact) mass is 463 g/mol. The lowest BCUT2D eigenvalue weighted by atomic mass is 10.0. The highest BCUT2D eigenvalue weighted by molar-refractivity contribution is 6.30. The van der Waals surface area contributed by atoms with Gasteiger partial charge in [0.25, 0.3) is 5.91 Å². The molecule has 1 aliphatic rings. The molecule has 1 unspecified atom stereocenters. The molecule has 33 heavy (non-hydrogen) atoms. The van der Waals surface area contributed by atoms with Gasteiger partial charge in [-0.15, -0.1) is 0 Å². The minimum absolute atomic E-state index is 0.00794. The number of carbonyl (C=O) groups excluding carboxylic acids is 2. The second-order valence-corrected chi connectivity index (χ2v) is 9.34. The molecule has 0 saturated heterocycles. The van der Waals surface area contributed by atoms with Crippen molar-refractivity contribution in [1.29, 1.82) is 0 Å². The third-order valence-corrected chi connectivity index (χ3v) is 6.37. The molecule has 172 valence electrons. The van der Waals surface area contributed by atoms with Crippen molar-refractivity contribution in [2.24, 2.45) is 0 Å². The molecule has 2 aromatic carbocycles. The molecule has 0 radical (unpaired) electrons. The number of halogens is 1. The van der Waals surface area contributed by atoms with Crippen molar-refractivity contribution in [3.05, 3.63) is 76.4 Å². The van der Waals surface area contributed by atoms with Crippen LogP contribution in [-0.4, -0.2) is 32.9 Å². The lowest BCUT2D eigenvalue weighted by molar-refractivity contribution is -0.116. The van der Waals surface area contributed by atoms with Crippen LogP contribution in [0, 0.1) is 0 Å². The molecule has 1 atom stereocenters. The van der Waals surface area contributed by atoms with Gasteiger partial charge in [0.15, 0.2) is 0 Å². The van der Waals surface area contributed by atoms with E-state index in [2.05, 4.69) is 6.92 Å². The number of Topliss-reactive ketones (excluding diaryl/α,β-unsaturated/α-hetero) is 1. The Morgan fingerprint density at radius 3 is 2.58 bits per heavy atom. The standard InChI is InChI=1S/C27H30ClN3O2/c1-3-4-5-9-24-18-30(17-21-8-6-7-20(15-21)14-19(2)32)27(33)26-16-25(29-31(24)26)22-10-12-23(28)13-11-22/h6-8,10-13,15-16,24H,3-5,9,14,17-18H2,1-2H3. The van der Waals surface area contributed by atoms with Gasteiger partial charge in [-0.05, 0) is 42.7 Å². The van der Waals surface area contributed by atoms with Crippen LogP contribution in [0.25, 0.3) is 11.3 Å². The smallest absolute Gasteiger partial charge is 0.272 e.